The summed E-state index contributed by atoms with van der Waals surface area (Å²) >= 11 is 0. The molecule has 15 heavy (non-hydrogen) atoms. The van der Waals surface area contributed by atoms with Gasteiger partial charge in [-0.15, -0.1) is 0 Å². The lowest BCUT2D eigenvalue weighted by atomic mass is 10.3. The first kappa shape index (κ1) is 11.5. The van der Waals surface area contributed by atoms with Gasteiger partial charge in [0.2, 0.25) is 5.88 Å². The zero-order valence-electron chi connectivity index (χ0n) is 8.64. The Bertz CT molecular complexity index is 340. The van der Waals surface area contributed by atoms with E-state index in [1.54, 1.807) is 18.3 Å². The van der Waals surface area contributed by atoms with Crippen LogP contribution in [0.1, 0.15) is 12.5 Å². The highest BCUT2D eigenvalue weighted by Crippen LogP contribution is 2.15. The van der Waals surface area contributed by atoms with Crippen molar-refractivity contribution in [1.82, 2.24) is 4.98 Å². The molecule has 5 nitrogen and oxygen atoms in total. The van der Waals surface area contributed by atoms with Gasteiger partial charge in [0.25, 0.3) is 0 Å². The van der Waals surface area contributed by atoms with Crippen LogP contribution in [-0.2, 0) is 16.1 Å². The molecule has 0 bridgehead atoms. The van der Waals surface area contributed by atoms with Gasteiger partial charge in [0.15, 0.2) is 6.10 Å². The molecule has 0 saturated heterocycles. The fraction of sp³-hybridized carbons (Fsp3) is 0.400. The lowest BCUT2D eigenvalue weighted by molar-refractivity contribution is -0.149. The minimum atomic E-state index is -0.988. The second kappa shape index (κ2) is 5.31. The van der Waals surface area contributed by atoms with E-state index in [9.17, 15) is 4.79 Å². The highest BCUT2D eigenvalue weighted by Gasteiger charge is 2.12. The minimum Gasteiger partial charge on any atom is -0.481 e. The summed E-state index contributed by atoms with van der Waals surface area (Å²) in [7, 11) is 1.51. The Balaban J connectivity index is 2.60. The summed E-state index contributed by atoms with van der Waals surface area (Å²) in [5, 5.41) is 8.61. The third-order valence-corrected chi connectivity index (χ3v) is 1.88. The molecule has 0 unspecified atom stereocenters. The number of carboxylic acid groups (broad SMARTS) is 1. The third-order valence-electron chi connectivity index (χ3n) is 1.88. The van der Waals surface area contributed by atoms with E-state index in [1.165, 1.54) is 14.0 Å². The van der Waals surface area contributed by atoms with E-state index in [-0.39, 0.29) is 6.61 Å². The highest BCUT2D eigenvalue weighted by atomic mass is 16.5. The number of ether oxygens (including phenoxy) is 2. The molecule has 1 N–H and O–H groups in total. The second-order valence-corrected chi connectivity index (χ2v) is 2.96. The lowest BCUT2D eigenvalue weighted by Crippen LogP contribution is -2.19. The van der Waals surface area contributed by atoms with Crippen molar-refractivity contribution in [2.75, 3.05) is 7.11 Å². The maximum Gasteiger partial charge on any atom is 0.332 e. The fourth-order valence-electron chi connectivity index (χ4n) is 1.00. The van der Waals surface area contributed by atoms with Crippen LogP contribution in [0.15, 0.2) is 18.3 Å². The molecule has 0 saturated carbocycles. The van der Waals surface area contributed by atoms with Crippen molar-refractivity contribution in [3.63, 3.8) is 0 Å². The van der Waals surface area contributed by atoms with Gasteiger partial charge >= 0.3 is 5.97 Å². The van der Waals surface area contributed by atoms with Crippen LogP contribution in [0.5, 0.6) is 5.88 Å². The monoisotopic (exact) mass is 211 g/mol. The number of hydrogen-bond acceptors (Lipinski definition) is 4. The third kappa shape index (κ3) is 3.21. The van der Waals surface area contributed by atoms with Crippen molar-refractivity contribution in [3.05, 3.63) is 23.9 Å². The molecule has 1 aromatic heterocycles. The maximum absolute atomic E-state index is 10.5. The summed E-state index contributed by atoms with van der Waals surface area (Å²) < 4.78 is 10.1. The molecule has 0 amide bonds. The Labute approximate surface area is 87.7 Å². The molecule has 5 heteroatoms. The normalized spacial score (nSPS) is 12.1. The smallest absolute Gasteiger partial charge is 0.332 e. The van der Waals surface area contributed by atoms with Crippen molar-refractivity contribution in [2.24, 2.45) is 0 Å². The Morgan fingerprint density at radius 1 is 1.67 bits per heavy atom. The van der Waals surface area contributed by atoms with Gasteiger partial charge in [-0.25, -0.2) is 9.78 Å². The molecular weight excluding hydrogens is 198 g/mol. The molecule has 0 aliphatic carbocycles. The summed E-state index contributed by atoms with van der Waals surface area (Å²) in [5.74, 6) is -0.534. The predicted octanol–water partition coefficient (Wildman–Crippen LogP) is 1.08. The van der Waals surface area contributed by atoms with Gasteiger partial charge in [-0.1, -0.05) is 0 Å². The average Bonchev–Trinajstić information content (AvgIpc) is 2.26. The number of pyridine rings is 1. The number of carboxylic acids is 1. The Morgan fingerprint density at radius 2 is 2.40 bits per heavy atom. The highest BCUT2D eigenvalue weighted by molar-refractivity contribution is 5.71. The first-order valence-electron chi connectivity index (χ1n) is 4.47. The molecular formula is C10H13NO4. The van der Waals surface area contributed by atoms with Crippen molar-refractivity contribution in [3.8, 4) is 5.88 Å². The van der Waals surface area contributed by atoms with Crippen molar-refractivity contribution < 1.29 is 19.4 Å². The molecule has 82 valence electrons. The van der Waals surface area contributed by atoms with E-state index < -0.39 is 12.1 Å². The number of methoxy groups -OCH3 is 1. The van der Waals surface area contributed by atoms with Gasteiger partial charge in [0.05, 0.1) is 13.7 Å². The van der Waals surface area contributed by atoms with E-state index >= 15 is 0 Å². The van der Waals surface area contributed by atoms with Crippen molar-refractivity contribution >= 4 is 5.97 Å². The predicted molar refractivity (Wildman–Crippen MR) is 52.7 cm³/mol. The fourth-order valence-corrected chi connectivity index (χ4v) is 1.00. The van der Waals surface area contributed by atoms with E-state index in [4.69, 9.17) is 14.6 Å². The quantitative estimate of drug-likeness (QED) is 0.789. The Morgan fingerprint density at radius 3 is 3.00 bits per heavy atom. The molecule has 0 fully saturated rings. The summed E-state index contributed by atoms with van der Waals surface area (Å²) in [4.78, 5) is 14.5. The molecule has 0 aromatic carbocycles. The van der Waals surface area contributed by atoms with E-state index in [0.717, 1.165) is 5.56 Å². The van der Waals surface area contributed by atoms with E-state index in [1.807, 2.05) is 0 Å². The molecule has 0 radical (unpaired) electrons. The van der Waals surface area contributed by atoms with Gasteiger partial charge in [-0.05, 0) is 19.1 Å². The van der Waals surface area contributed by atoms with Crippen LogP contribution in [0.3, 0.4) is 0 Å². The molecule has 0 aliphatic heterocycles. The van der Waals surface area contributed by atoms with Gasteiger partial charge in [0, 0.05) is 11.8 Å². The van der Waals surface area contributed by atoms with Crippen LogP contribution in [0.4, 0.5) is 0 Å². The summed E-state index contributed by atoms with van der Waals surface area (Å²) in [6, 6.07) is 3.52. The maximum atomic E-state index is 10.5. The number of aliphatic carboxylic acids is 1. The zero-order valence-corrected chi connectivity index (χ0v) is 8.64. The van der Waals surface area contributed by atoms with Crippen LogP contribution >= 0.6 is 0 Å². The van der Waals surface area contributed by atoms with Gasteiger partial charge in [-0.2, -0.15) is 0 Å². The summed E-state index contributed by atoms with van der Waals surface area (Å²) in [6.45, 7) is 1.65. The van der Waals surface area contributed by atoms with Crippen LogP contribution in [0.2, 0.25) is 0 Å². The minimum absolute atomic E-state index is 0.171. The first-order chi connectivity index (χ1) is 7.15. The lowest BCUT2D eigenvalue weighted by Gasteiger charge is -2.10. The van der Waals surface area contributed by atoms with Crippen LogP contribution < -0.4 is 4.74 Å². The molecule has 1 heterocycles. The number of nitrogens with zero attached hydrogens (tertiary/aromatic N) is 1. The molecule has 1 atom stereocenters. The van der Waals surface area contributed by atoms with E-state index in [2.05, 4.69) is 4.98 Å². The number of hydrogen-bond donors (Lipinski definition) is 1. The van der Waals surface area contributed by atoms with Crippen LogP contribution in [0, 0.1) is 0 Å². The van der Waals surface area contributed by atoms with Crippen LogP contribution in [0.25, 0.3) is 0 Å². The molecule has 1 aromatic rings. The standard InChI is InChI=1S/C10H13NO4/c1-7(10(12)13)15-6-8-4-3-5-11-9(8)14-2/h3-5,7H,6H2,1-2H3,(H,12,13)/t7-/m0/s1. The van der Waals surface area contributed by atoms with E-state index in [0.29, 0.717) is 5.88 Å². The van der Waals surface area contributed by atoms with Gasteiger partial charge in [-0.3, -0.25) is 0 Å². The topological polar surface area (TPSA) is 68.7 Å². The second-order valence-electron chi connectivity index (χ2n) is 2.96. The van der Waals surface area contributed by atoms with Crippen molar-refractivity contribution in [2.45, 2.75) is 19.6 Å². The summed E-state index contributed by atoms with van der Waals surface area (Å²) in [5.41, 5.74) is 0.730. The first-order valence-corrected chi connectivity index (χ1v) is 4.47. The SMILES string of the molecule is COc1ncccc1CO[C@@H](C)C(=O)O. The average molecular weight is 211 g/mol. The Kier molecular flexibility index (Phi) is 4.05. The zero-order chi connectivity index (χ0) is 11.3. The Hall–Kier alpha value is -1.62. The van der Waals surface area contributed by atoms with Crippen molar-refractivity contribution in [1.29, 1.82) is 0 Å². The molecule has 0 spiro atoms. The van der Waals surface area contributed by atoms with Gasteiger partial charge < -0.3 is 14.6 Å². The number of rotatable bonds is 5. The van der Waals surface area contributed by atoms with Crippen LogP contribution in [-0.4, -0.2) is 29.3 Å². The summed E-state index contributed by atoms with van der Waals surface area (Å²) in [6.07, 6.45) is 0.762. The number of aromatic nitrogens is 1. The van der Waals surface area contributed by atoms with Gasteiger partial charge in [0.1, 0.15) is 0 Å². The molecule has 0 aliphatic rings. The molecule has 1 rings (SSSR count). The number of carbonyl (C=O) groups is 1. The largest absolute Gasteiger partial charge is 0.481 e.